The first-order valence-corrected chi connectivity index (χ1v) is 11.7. The summed E-state index contributed by atoms with van der Waals surface area (Å²) in [5.41, 5.74) is 4.11. The Bertz CT molecular complexity index is 1240. The maximum absolute atomic E-state index is 13.1. The summed E-state index contributed by atoms with van der Waals surface area (Å²) in [7, 11) is -2.05. The predicted octanol–water partition coefficient (Wildman–Crippen LogP) is 4.39. The lowest BCUT2D eigenvalue weighted by molar-refractivity contribution is 0.262. The topological polar surface area (TPSA) is 87.7 Å². The monoisotopic (exact) mass is 451 g/mol. The summed E-state index contributed by atoms with van der Waals surface area (Å²) in [5, 5.41) is 5.58. The summed E-state index contributed by atoms with van der Waals surface area (Å²) in [4.78, 5) is 12.8. The van der Waals surface area contributed by atoms with Gasteiger partial charge < -0.3 is 15.4 Å². The van der Waals surface area contributed by atoms with Gasteiger partial charge in [-0.1, -0.05) is 35.9 Å². The molecule has 1 aliphatic heterocycles. The van der Waals surface area contributed by atoms with Gasteiger partial charge in [-0.25, -0.2) is 13.2 Å². The van der Waals surface area contributed by atoms with Crippen LogP contribution in [0.5, 0.6) is 5.75 Å². The molecule has 2 amide bonds. The van der Waals surface area contributed by atoms with Crippen LogP contribution in [0.4, 0.5) is 16.2 Å². The fourth-order valence-electron chi connectivity index (χ4n) is 3.71. The summed E-state index contributed by atoms with van der Waals surface area (Å²) < 4.78 is 32.9. The van der Waals surface area contributed by atoms with Crippen LogP contribution in [0.25, 0.3) is 0 Å². The maximum Gasteiger partial charge on any atom is 0.323 e. The van der Waals surface area contributed by atoms with Gasteiger partial charge in [0.05, 0.1) is 17.7 Å². The fourth-order valence-corrected chi connectivity index (χ4v) is 5.12. The van der Waals surface area contributed by atoms with Crippen LogP contribution < -0.4 is 15.4 Å². The molecule has 0 spiro atoms. The summed E-state index contributed by atoms with van der Waals surface area (Å²) in [6, 6.07) is 19.2. The average Bonchev–Trinajstić information content (AvgIpc) is 2.79. The third-order valence-corrected chi connectivity index (χ3v) is 7.31. The molecule has 7 nitrogen and oxygen atoms in total. The number of nitrogens with one attached hydrogen (secondary N) is 2. The number of benzene rings is 3. The van der Waals surface area contributed by atoms with Crippen LogP contribution in [0.3, 0.4) is 0 Å². The molecule has 1 heterocycles. The second-order valence-corrected chi connectivity index (χ2v) is 9.60. The Morgan fingerprint density at radius 3 is 2.47 bits per heavy atom. The lowest BCUT2D eigenvalue weighted by atomic mass is 10.0. The molecule has 166 valence electrons. The van der Waals surface area contributed by atoms with Gasteiger partial charge in [-0.15, -0.1) is 0 Å². The van der Waals surface area contributed by atoms with Crippen LogP contribution in [0.15, 0.2) is 71.6 Å². The number of sulfonamides is 1. The van der Waals surface area contributed by atoms with E-state index in [0.717, 1.165) is 16.7 Å². The first-order valence-electron chi connectivity index (χ1n) is 10.3. The Morgan fingerprint density at radius 2 is 1.72 bits per heavy atom. The molecule has 0 aromatic heterocycles. The minimum atomic E-state index is -3.59. The van der Waals surface area contributed by atoms with E-state index >= 15 is 0 Å². The van der Waals surface area contributed by atoms with Crippen LogP contribution in [-0.2, 0) is 23.0 Å². The van der Waals surface area contributed by atoms with E-state index in [4.69, 9.17) is 4.74 Å². The predicted molar refractivity (Wildman–Crippen MR) is 125 cm³/mol. The molecule has 8 heteroatoms. The quantitative estimate of drug-likeness (QED) is 0.602. The largest absolute Gasteiger partial charge is 0.495 e. The number of nitrogens with zero attached hydrogens (tertiary/aromatic N) is 1. The molecular formula is C24H25N3O4S. The van der Waals surface area contributed by atoms with E-state index in [2.05, 4.69) is 10.6 Å². The van der Waals surface area contributed by atoms with E-state index in [1.807, 2.05) is 31.2 Å². The zero-order chi connectivity index (χ0) is 22.7. The highest BCUT2D eigenvalue weighted by atomic mass is 32.2. The van der Waals surface area contributed by atoms with Crippen molar-refractivity contribution in [3.05, 3.63) is 83.4 Å². The van der Waals surface area contributed by atoms with E-state index < -0.39 is 16.1 Å². The Kier molecular flexibility index (Phi) is 6.16. The molecule has 3 aromatic rings. The number of urea groups is 1. The minimum Gasteiger partial charge on any atom is -0.495 e. The van der Waals surface area contributed by atoms with E-state index in [-0.39, 0.29) is 11.4 Å². The van der Waals surface area contributed by atoms with Gasteiger partial charge in [0.25, 0.3) is 0 Å². The second-order valence-electron chi connectivity index (χ2n) is 7.66. The molecule has 1 aliphatic rings. The fraction of sp³-hybridized carbons (Fsp3) is 0.208. The molecule has 4 rings (SSSR count). The maximum atomic E-state index is 13.1. The number of aryl methyl sites for hydroxylation is 1. The van der Waals surface area contributed by atoms with Gasteiger partial charge in [0, 0.05) is 18.8 Å². The number of rotatable bonds is 5. The van der Waals surface area contributed by atoms with Crippen molar-refractivity contribution >= 4 is 27.4 Å². The summed E-state index contributed by atoms with van der Waals surface area (Å²) in [6.07, 6.45) is 0.619. The Morgan fingerprint density at radius 1 is 0.969 bits per heavy atom. The number of carbonyl (C=O) groups is 1. The van der Waals surface area contributed by atoms with Crippen LogP contribution in [0.1, 0.15) is 16.7 Å². The van der Waals surface area contributed by atoms with Gasteiger partial charge in [0.2, 0.25) is 10.0 Å². The van der Waals surface area contributed by atoms with E-state index in [9.17, 15) is 13.2 Å². The zero-order valence-corrected chi connectivity index (χ0v) is 18.8. The molecule has 0 atom stereocenters. The number of ether oxygens (including phenoxy) is 1. The summed E-state index contributed by atoms with van der Waals surface area (Å²) >= 11 is 0. The summed E-state index contributed by atoms with van der Waals surface area (Å²) in [5.74, 6) is 0.560. The van der Waals surface area contributed by atoms with Crippen LogP contribution in [-0.4, -0.2) is 32.4 Å². The zero-order valence-electron chi connectivity index (χ0n) is 18.0. The van der Waals surface area contributed by atoms with Crippen molar-refractivity contribution in [2.45, 2.75) is 24.8 Å². The average molecular weight is 452 g/mol. The third-order valence-electron chi connectivity index (χ3n) is 5.46. The third kappa shape index (κ3) is 4.61. The molecule has 0 aliphatic carbocycles. The highest BCUT2D eigenvalue weighted by Gasteiger charge is 2.28. The molecule has 0 unspecified atom stereocenters. The number of para-hydroxylation sites is 2. The highest BCUT2D eigenvalue weighted by Crippen LogP contribution is 2.28. The van der Waals surface area contributed by atoms with Crippen molar-refractivity contribution in [1.29, 1.82) is 0 Å². The smallest absolute Gasteiger partial charge is 0.323 e. The van der Waals surface area contributed by atoms with Crippen molar-refractivity contribution in [1.82, 2.24) is 4.31 Å². The number of methoxy groups -OCH3 is 1. The minimum absolute atomic E-state index is 0.259. The highest BCUT2D eigenvalue weighted by molar-refractivity contribution is 7.89. The lowest BCUT2D eigenvalue weighted by Gasteiger charge is -2.28. The van der Waals surface area contributed by atoms with Gasteiger partial charge in [0.1, 0.15) is 5.75 Å². The van der Waals surface area contributed by atoms with Crippen LogP contribution in [0, 0.1) is 6.92 Å². The van der Waals surface area contributed by atoms with Gasteiger partial charge in [0.15, 0.2) is 0 Å². The molecule has 0 bridgehead atoms. The molecule has 3 aromatic carbocycles. The van der Waals surface area contributed by atoms with Crippen molar-refractivity contribution in [2.75, 3.05) is 24.3 Å². The SMILES string of the molecule is COc1ccccc1NC(=O)Nc1ccc2c(c1)CN(S(=O)(=O)c1ccc(C)cc1)CC2. The van der Waals surface area contributed by atoms with Crippen molar-refractivity contribution < 1.29 is 17.9 Å². The Balaban J connectivity index is 1.49. The normalized spacial score (nSPS) is 13.8. The molecule has 32 heavy (non-hydrogen) atoms. The van der Waals surface area contributed by atoms with E-state index in [1.54, 1.807) is 42.5 Å². The number of hydrogen-bond acceptors (Lipinski definition) is 4. The van der Waals surface area contributed by atoms with Crippen LogP contribution in [0.2, 0.25) is 0 Å². The number of carbonyl (C=O) groups excluding carboxylic acids is 1. The second kappa shape index (κ2) is 9.02. The number of amides is 2. The molecular weight excluding hydrogens is 426 g/mol. The van der Waals surface area contributed by atoms with Gasteiger partial charge in [-0.3, -0.25) is 0 Å². The first-order chi connectivity index (χ1) is 15.4. The molecule has 0 saturated heterocycles. The van der Waals surface area contributed by atoms with Crippen molar-refractivity contribution in [2.24, 2.45) is 0 Å². The molecule has 0 radical (unpaired) electrons. The van der Waals surface area contributed by atoms with E-state index in [1.165, 1.54) is 11.4 Å². The van der Waals surface area contributed by atoms with E-state index in [0.29, 0.717) is 30.1 Å². The van der Waals surface area contributed by atoms with Crippen molar-refractivity contribution in [3.63, 3.8) is 0 Å². The Labute approximate surface area is 188 Å². The van der Waals surface area contributed by atoms with Crippen LogP contribution >= 0.6 is 0 Å². The van der Waals surface area contributed by atoms with Crippen molar-refractivity contribution in [3.8, 4) is 5.75 Å². The summed E-state index contributed by atoms with van der Waals surface area (Å²) in [6.45, 7) is 2.60. The number of hydrogen-bond donors (Lipinski definition) is 2. The Hall–Kier alpha value is -3.36. The number of anilines is 2. The molecule has 0 saturated carbocycles. The van der Waals surface area contributed by atoms with Gasteiger partial charge in [-0.2, -0.15) is 4.31 Å². The molecule has 2 N–H and O–H groups in total. The molecule has 0 fully saturated rings. The number of fused-ring (bicyclic) bond motifs is 1. The first kappa shape index (κ1) is 21.9. The standard InChI is InChI=1S/C24H25N3O4S/c1-17-7-11-21(12-8-17)32(29,30)27-14-13-18-9-10-20(15-19(18)16-27)25-24(28)26-22-5-3-4-6-23(22)31-2/h3-12,15H,13-14,16H2,1-2H3,(H2,25,26,28). The van der Waals surface area contributed by atoms with Gasteiger partial charge in [-0.05, 0) is 60.9 Å². The lowest BCUT2D eigenvalue weighted by Crippen LogP contribution is -2.36. The van der Waals surface area contributed by atoms with Gasteiger partial charge >= 0.3 is 6.03 Å².